The fourth-order valence-corrected chi connectivity index (χ4v) is 4.63. The summed E-state index contributed by atoms with van der Waals surface area (Å²) in [6.07, 6.45) is 2.05. The molecule has 1 aliphatic heterocycles. The number of halogens is 2. The average molecular weight is 522 g/mol. The molecule has 3 rings (SSSR count). The highest BCUT2D eigenvalue weighted by Crippen LogP contribution is 2.34. The van der Waals surface area contributed by atoms with Crippen molar-refractivity contribution in [3.05, 3.63) is 57.6 Å². The van der Waals surface area contributed by atoms with Gasteiger partial charge in [0.05, 0.1) is 26.7 Å². The number of benzene rings is 2. The van der Waals surface area contributed by atoms with Crippen LogP contribution in [-0.2, 0) is 25.5 Å². The van der Waals surface area contributed by atoms with E-state index in [1.807, 2.05) is 18.2 Å². The van der Waals surface area contributed by atoms with E-state index in [1.165, 1.54) is 4.90 Å². The van der Waals surface area contributed by atoms with Gasteiger partial charge in [0.2, 0.25) is 11.8 Å². The van der Waals surface area contributed by atoms with Crippen LogP contribution in [0, 0.1) is 0 Å². The maximum absolute atomic E-state index is 12.2. The molecule has 2 amide bonds. The van der Waals surface area contributed by atoms with E-state index < -0.39 is 0 Å². The molecule has 7 nitrogen and oxygen atoms in total. The lowest BCUT2D eigenvalue weighted by atomic mass is 9.89. The molecule has 1 saturated heterocycles. The van der Waals surface area contributed by atoms with Crippen LogP contribution in [0.5, 0.6) is 11.5 Å². The Morgan fingerprint density at radius 1 is 1.06 bits per heavy atom. The summed E-state index contributed by atoms with van der Waals surface area (Å²) in [5.41, 5.74) is 1.85. The van der Waals surface area contributed by atoms with Crippen molar-refractivity contribution in [1.29, 1.82) is 0 Å². The van der Waals surface area contributed by atoms with Crippen LogP contribution in [0.4, 0.5) is 0 Å². The molecule has 0 aromatic heterocycles. The highest BCUT2D eigenvalue weighted by Gasteiger charge is 2.28. The van der Waals surface area contributed by atoms with Gasteiger partial charge in [-0.1, -0.05) is 35.3 Å². The zero-order valence-electron chi connectivity index (χ0n) is 19.9. The Kier molecular flexibility index (Phi) is 9.81. The van der Waals surface area contributed by atoms with Crippen molar-refractivity contribution in [2.45, 2.75) is 44.9 Å². The molecule has 1 fully saturated rings. The molecule has 0 aliphatic carbocycles. The molecule has 1 aliphatic rings. The molecule has 1 atom stereocenters. The molecule has 1 unspecified atom stereocenters. The zero-order valence-corrected chi connectivity index (χ0v) is 21.4. The normalized spacial score (nSPS) is 14.2. The maximum atomic E-state index is 12.2. The van der Waals surface area contributed by atoms with Gasteiger partial charge in [-0.15, -0.1) is 0 Å². The predicted molar refractivity (Wildman–Crippen MR) is 133 cm³/mol. The summed E-state index contributed by atoms with van der Waals surface area (Å²) in [7, 11) is 1.55. The van der Waals surface area contributed by atoms with E-state index in [9.17, 15) is 14.4 Å². The highest BCUT2D eigenvalue weighted by atomic mass is 35.5. The van der Waals surface area contributed by atoms with E-state index in [0.717, 1.165) is 11.1 Å². The zero-order chi connectivity index (χ0) is 25.4. The third-order valence-corrected chi connectivity index (χ3v) is 6.42. The maximum Gasteiger partial charge on any atom is 0.306 e. The fourth-order valence-electron chi connectivity index (χ4n) is 4.07. The number of aryl methyl sites for hydroxylation is 1. The monoisotopic (exact) mass is 521 g/mol. The third-order valence-electron chi connectivity index (χ3n) is 5.86. The minimum atomic E-state index is -0.278. The van der Waals surface area contributed by atoms with Crippen LogP contribution in [-0.4, -0.2) is 49.6 Å². The van der Waals surface area contributed by atoms with Gasteiger partial charge in [-0.05, 0) is 61.1 Å². The van der Waals surface area contributed by atoms with E-state index in [-0.39, 0.29) is 56.1 Å². The van der Waals surface area contributed by atoms with E-state index >= 15 is 0 Å². The van der Waals surface area contributed by atoms with Gasteiger partial charge in [0.15, 0.2) is 11.5 Å². The van der Waals surface area contributed by atoms with Gasteiger partial charge >= 0.3 is 5.97 Å². The smallest absolute Gasteiger partial charge is 0.306 e. The van der Waals surface area contributed by atoms with E-state index in [0.29, 0.717) is 41.0 Å². The van der Waals surface area contributed by atoms with E-state index in [2.05, 4.69) is 0 Å². The predicted octanol–water partition coefficient (Wildman–Crippen LogP) is 5.20. The second kappa shape index (κ2) is 12.8. The summed E-state index contributed by atoms with van der Waals surface area (Å²) >= 11 is 12.5. The van der Waals surface area contributed by atoms with Crippen molar-refractivity contribution >= 4 is 41.0 Å². The topological polar surface area (TPSA) is 82.1 Å². The number of carbonyl (C=O) groups is 3. The molecule has 0 spiro atoms. The summed E-state index contributed by atoms with van der Waals surface area (Å²) in [6.45, 7) is 2.49. The second-order valence-corrected chi connectivity index (χ2v) is 9.03. The molecule has 9 heteroatoms. The molecule has 0 N–H and O–H groups in total. The van der Waals surface area contributed by atoms with Gasteiger partial charge in [0.25, 0.3) is 0 Å². The molecule has 2 aromatic rings. The fraction of sp³-hybridized carbons (Fsp3) is 0.423. The third kappa shape index (κ3) is 7.36. The first-order valence-corrected chi connectivity index (χ1v) is 12.3. The first-order valence-electron chi connectivity index (χ1n) is 11.6. The molecule has 0 bridgehead atoms. The van der Waals surface area contributed by atoms with Crippen LogP contribution < -0.4 is 9.47 Å². The Morgan fingerprint density at radius 3 is 2.46 bits per heavy atom. The first kappa shape index (κ1) is 26.8. The van der Waals surface area contributed by atoms with Crippen molar-refractivity contribution in [3.8, 4) is 11.5 Å². The van der Waals surface area contributed by atoms with Gasteiger partial charge in [-0.2, -0.15) is 0 Å². The van der Waals surface area contributed by atoms with Crippen LogP contribution in [0.2, 0.25) is 10.0 Å². The SMILES string of the molecule is CCOC(=O)CC(CCc1ccc(OCCN2C(=O)CCC2=O)c(OC)c1)c1ccc(Cl)cc1Cl. The van der Waals surface area contributed by atoms with Gasteiger partial charge in [-0.3, -0.25) is 19.3 Å². The molecule has 1 heterocycles. The van der Waals surface area contributed by atoms with Gasteiger partial charge in [-0.25, -0.2) is 0 Å². The number of nitrogens with zero attached hydrogens (tertiary/aromatic N) is 1. The second-order valence-electron chi connectivity index (χ2n) is 8.18. The molecule has 0 radical (unpaired) electrons. The van der Waals surface area contributed by atoms with Crippen LogP contribution in [0.25, 0.3) is 0 Å². The Bertz CT molecular complexity index is 1060. The van der Waals surface area contributed by atoms with Crippen molar-refractivity contribution in [3.63, 3.8) is 0 Å². The first-order chi connectivity index (χ1) is 16.8. The largest absolute Gasteiger partial charge is 0.493 e. The van der Waals surface area contributed by atoms with Crippen molar-refractivity contribution in [2.24, 2.45) is 0 Å². The number of rotatable bonds is 12. The van der Waals surface area contributed by atoms with E-state index in [1.54, 1.807) is 32.2 Å². The van der Waals surface area contributed by atoms with Crippen LogP contribution in [0.3, 0.4) is 0 Å². The Balaban J connectivity index is 1.66. The molecule has 2 aromatic carbocycles. The number of methoxy groups -OCH3 is 1. The Hall–Kier alpha value is -2.77. The van der Waals surface area contributed by atoms with Gasteiger partial charge in [0, 0.05) is 22.9 Å². The minimum Gasteiger partial charge on any atom is -0.493 e. The molecule has 0 saturated carbocycles. The number of esters is 1. The van der Waals surface area contributed by atoms with Crippen LogP contribution in [0.1, 0.15) is 49.7 Å². The van der Waals surface area contributed by atoms with Crippen LogP contribution >= 0.6 is 23.2 Å². The number of likely N-dealkylation sites (tertiary alicyclic amines) is 1. The number of hydrogen-bond donors (Lipinski definition) is 0. The van der Waals surface area contributed by atoms with Crippen molar-refractivity contribution < 1.29 is 28.6 Å². The Morgan fingerprint density at radius 2 is 1.80 bits per heavy atom. The summed E-state index contributed by atoms with van der Waals surface area (Å²) in [4.78, 5) is 36.9. The summed E-state index contributed by atoms with van der Waals surface area (Å²) < 4.78 is 16.4. The lowest BCUT2D eigenvalue weighted by molar-refractivity contribution is -0.143. The lowest BCUT2D eigenvalue weighted by Crippen LogP contribution is -2.33. The summed E-state index contributed by atoms with van der Waals surface area (Å²) in [6, 6.07) is 10.9. The lowest BCUT2D eigenvalue weighted by Gasteiger charge is -2.19. The number of amides is 2. The van der Waals surface area contributed by atoms with Gasteiger partial charge < -0.3 is 14.2 Å². The highest BCUT2D eigenvalue weighted by molar-refractivity contribution is 6.35. The van der Waals surface area contributed by atoms with Gasteiger partial charge in [0.1, 0.15) is 6.61 Å². The number of imide groups is 1. The van der Waals surface area contributed by atoms with E-state index in [4.69, 9.17) is 37.4 Å². The average Bonchev–Trinajstić information content (AvgIpc) is 3.14. The molecular formula is C26H29Cl2NO6. The molecular weight excluding hydrogens is 493 g/mol. The summed E-state index contributed by atoms with van der Waals surface area (Å²) in [5, 5.41) is 1.05. The number of ether oxygens (including phenoxy) is 3. The molecule has 188 valence electrons. The number of hydrogen-bond acceptors (Lipinski definition) is 6. The minimum absolute atomic E-state index is 0.142. The summed E-state index contributed by atoms with van der Waals surface area (Å²) in [5.74, 6) is 0.321. The standard InChI is InChI=1S/C26H29Cl2NO6/c1-3-34-26(32)15-18(20-8-7-19(27)16-21(20)28)6-4-17-5-9-22(23(14-17)33-2)35-13-12-29-24(30)10-11-25(29)31/h5,7-9,14,16,18H,3-4,6,10-13,15H2,1-2H3. The van der Waals surface area contributed by atoms with Crippen molar-refractivity contribution in [1.82, 2.24) is 4.90 Å². The number of carbonyl (C=O) groups excluding carboxylic acids is 3. The van der Waals surface area contributed by atoms with Crippen molar-refractivity contribution in [2.75, 3.05) is 26.9 Å². The van der Waals surface area contributed by atoms with Crippen LogP contribution in [0.15, 0.2) is 36.4 Å². The quantitative estimate of drug-likeness (QED) is 0.282. The molecule has 35 heavy (non-hydrogen) atoms. The Labute approximate surface area is 215 Å².